The zero-order valence-corrected chi connectivity index (χ0v) is 13.0. The lowest BCUT2D eigenvalue weighted by Crippen LogP contribution is -2.40. The van der Waals surface area contributed by atoms with Gasteiger partial charge >= 0.3 is 0 Å². The molecule has 1 atom stereocenters. The second-order valence-corrected chi connectivity index (χ2v) is 5.50. The van der Waals surface area contributed by atoms with Gasteiger partial charge in [-0.1, -0.05) is 17.3 Å². The van der Waals surface area contributed by atoms with Crippen LogP contribution in [0.2, 0.25) is 0 Å². The van der Waals surface area contributed by atoms with Crippen molar-refractivity contribution in [1.82, 2.24) is 15.0 Å². The number of aromatic nitrogens is 2. The van der Waals surface area contributed by atoms with E-state index < -0.39 is 0 Å². The van der Waals surface area contributed by atoms with E-state index in [9.17, 15) is 0 Å². The summed E-state index contributed by atoms with van der Waals surface area (Å²) in [5, 5.41) is 3.94. The molecule has 1 aromatic heterocycles. The van der Waals surface area contributed by atoms with Gasteiger partial charge in [-0.15, -0.1) is 0 Å². The van der Waals surface area contributed by atoms with Crippen molar-refractivity contribution in [1.29, 1.82) is 0 Å². The lowest BCUT2D eigenvalue weighted by molar-refractivity contribution is -0.0379. The Morgan fingerprint density at radius 3 is 3.05 bits per heavy atom. The molecule has 118 valence electrons. The Balaban J connectivity index is 1.48. The first-order valence-corrected chi connectivity index (χ1v) is 7.54. The molecule has 0 spiro atoms. The number of nitrogens with zero attached hydrogens (tertiary/aromatic N) is 3. The molecule has 1 aromatic carbocycles. The molecule has 3 rings (SSSR count). The van der Waals surface area contributed by atoms with Gasteiger partial charge in [-0.3, -0.25) is 4.90 Å². The summed E-state index contributed by atoms with van der Waals surface area (Å²) in [5.41, 5.74) is 1.21. The van der Waals surface area contributed by atoms with Crippen molar-refractivity contribution in [2.45, 2.75) is 20.0 Å². The summed E-state index contributed by atoms with van der Waals surface area (Å²) < 4.78 is 16.5. The smallest absolute Gasteiger partial charge is 0.223 e. The maximum Gasteiger partial charge on any atom is 0.223 e. The van der Waals surface area contributed by atoms with E-state index in [1.807, 2.05) is 18.2 Å². The van der Waals surface area contributed by atoms with Crippen molar-refractivity contribution >= 4 is 0 Å². The summed E-state index contributed by atoms with van der Waals surface area (Å²) in [6.07, 6.45) is -0.120. The van der Waals surface area contributed by atoms with Crippen molar-refractivity contribution in [3.05, 3.63) is 41.5 Å². The second kappa shape index (κ2) is 6.89. The Morgan fingerprint density at radius 1 is 1.36 bits per heavy atom. The van der Waals surface area contributed by atoms with Crippen LogP contribution in [-0.4, -0.2) is 47.9 Å². The number of aryl methyl sites for hydroxylation is 2. The number of ether oxygens (including phenoxy) is 2. The average molecular weight is 303 g/mol. The minimum absolute atomic E-state index is 0.120. The van der Waals surface area contributed by atoms with Crippen molar-refractivity contribution in [2.75, 3.05) is 32.8 Å². The van der Waals surface area contributed by atoms with Crippen molar-refractivity contribution in [3.63, 3.8) is 0 Å². The molecule has 2 heterocycles. The van der Waals surface area contributed by atoms with Crippen LogP contribution in [0.25, 0.3) is 0 Å². The third-order valence-corrected chi connectivity index (χ3v) is 3.65. The van der Waals surface area contributed by atoms with E-state index in [2.05, 4.69) is 28.0 Å². The lowest BCUT2D eigenvalue weighted by atomic mass is 10.2. The highest BCUT2D eigenvalue weighted by Crippen LogP contribution is 2.19. The zero-order valence-electron chi connectivity index (χ0n) is 13.0. The van der Waals surface area contributed by atoms with E-state index in [0.717, 1.165) is 25.4 Å². The maximum atomic E-state index is 5.80. The monoisotopic (exact) mass is 303 g/mol. The molecule has 1 unspecified atom stereocenters. The van der Waals surface area contributed by atoms with E-state index in [1.165, 1.54) is 5.56 Å². The minimum Gasteiger partial charge on any atom is -0.492 e. The molecule has 1 aliphatic heterocycles. The first-order chi connectivity index (χ1) is 10.7. The Bertz CT molecular complexity index is 614. The zero-order chi connectivity index (χ0) is 15.4. The van der Waals surface area contributed by atoms with Crippen molar-refractivity contribution in [3.8, 4) is 5.75 Å². The van der Waals surface area contributed by atoms with Crippen molar-refractivity contribution in [2.24, 2.45) is 0 Å². The van der Waals surface area contributed by atoms with Gasteiger partial charge in [0.2, 0.25) is 11.7 Å². The van der Waals surface area contributed by atoms with Gasteiger partial charge in [0.1, 0.15) is 18.5 Å². The highest BCUT2D eigenvalue weighted by molar-refractivity contribution is 5.27. The highest BCUT2D eigenvalue weighted by atomic mass is 16.5. The van der Waals surface area contributed by atoms with Crippen LogP contribution in [0.5, 0.6) is 5.75 Å². The SMILES string of the molecule is Cc1cccc(OCCN2CCOC(c3noc(C)n3)C2)c1. The first kappa shape index (κ1) is 15.0. The lowest BCUT2D eigenvalue weighted by Gasteiger charge is -2.31. The van der Waals surface area contributed by atoms with E-state index >= 15 is 0 Å². The molecule has 0 radical (unpaired) electrons. The molecule has 0 bridgehead atoms. The van der Waals surface area contributed by atoms with Crippen LogP contribution in [-0.2, 0) is 4.74 Å². The summed E-state index contributed by atoms with van der Waals surface area (Å²) in [7, 11) is 0. The van der Waals surface area contributed by atoms with Gasteiger partial charge in [-0.2, -0.15) is 4.98 Å². The number of rotatable bonds is 5. The minimum atomic E-state index is -0.120. The molecule has 0 N–H and O–H groups in total. The van der Waals surface area contributed by atoms with Crippen LogP contribution < -0.4 is 4.74 Å². The first-order valence-electron chi connectivity index (χ1n) is 7.54. The van der Waals surface area contributed by atoms with Crippen LogP contribution in [0.3, 0.4) is 0 Å². The van der Waals surface area contributed by atoms with Crippen LogP contribution >= 0.6 is 0 Å². The molecule has 1 saturated heterocycles. The highest BCUT2D eigenvalue weighted by Gasteiger charge is 2.25. The summed E-state index contributed by atoms with van der Waals surface area (Å²) in [6, 6.07) is 8.10. The standard InChI is InChI=1S/C16H21N3O3/c1-12-4-3-5-14(10-12)20-8-6-19-7-9-21-15(11-19)16-17-13(2)22-18-16/h3-5,10,15H,6-9,11H2,1-2H3. The molecule has 22 heavy (non-hydrogen) atoms. The number of hydrogen-bond acceptors (Lipinski definition) is 6. The summed E-state index contributed by atoms with van der Waals surface area (Å²) >= 11 is 0. The Labute approximate surface area is 130 Å². The molecular formula is C16H21N3O3. The van der Waals surface area contributed by atoms with Gasteiger partial charge in [0.15, 0.2) is 0 Å². The number of hydrogen-bond donors (Lipinski definition) is 0. The van der Waals surface area contributed by atoms with Gasteiger partial charge in [0, 0.05) is 26.6 Å². The van der Waals surface area contributed by atoms with Gasteiger partial charge in [-0.05, 0) is 24.6 Å². The molecule has 0 amide bonds. The molecule has 0 aliphatic carbocycles. The van der Waals surface area contributed by atoms with Crippen LogP contribution in [0, 0.1) is 13.8 Å². The number of benzene rings is 1. The van der Waals surface area contributed by atoms with E-state index in [1.54, 1.807) is 6.92 Å². The molecule has 0 saturated carbocycles. The fourth-order valence-corrected chi connectivity index (χ4v) is 2.51. The molecule has 6 nitrogen and oxygen atoms in total. The second-order valence-electron chi connectivity index (χ2n) is 5.50. The third kappa shape index (κ3) is 3.84. The third-order valence-electron chi connectivity index (χ3n) is 3.65. The summed E-state index contributed by atoms with van der Waals surface area (Å²) in [4.78, 5) is 6.55. The maximum absolute atomic E-state index is 5.80. The molecule has 2 aromatic rings. The average Bonchev–Trinajstić information content (AvgIpc) is 2.94. The summed E-state index contributed by atoms with van der Waals surface area (Å²) in [6.45, 7) is 7.68. The van der Waals surface area contributed by atoms with E-state index in [-0.39, 0.29) is 6.10 Å². The molecule has 1 fully saturated rings. The Morgan fingerprint density at radius 2 is 2.27 bits per heavy atom. The Hall–Kier alpha value is -1.92. The van der Waals surface area contributed by atoms with Gasteiger partial charge < -0.3 is 14.0 Å². The largest absolute Gasteiger partial charge is 0.492 e. The normalized spacial score (nSPS) is 19.3. The van der Waals surface area contributed by atoms with E-state index in [4.69, 9.17) is 14.0 Å². The van der Waals surface area contributed by atoms with Crippen LogP contribution in [0.4, 0.5) is 0 Å². The fourth-order valence-electron chi connectivity index (χ4n) is 2.51. The van der Waals surface area contributed by atoms with Crippen LogP contribution in [0.15, 0.2) is 28.8 Å². The Kier molecular flexibility index (Phi) is 4.70. The van der Waals surface area contributed by atoms with Gasteiger partial charge in [0.05, 0.1) is 6.61 Å². The predicted octanol–water partition coefficient (Wildman–Crippen LogP) is 2.14. The summed E-state index contributed by atoms with van der Waals surface area (Å²) in [5.74, 6) is 2.11. The van der Waals surface area contributed by atoms with E-state index in [0.29, 0.717) is 24.9 Å². The van der Waals surface area contributed by atoms with Gasteiger partial charge in [-0.25, -0.2) is 0 Å². The topological polar surface area (TPSA) is 60.6 Å². The van der Waals surface area contributed by atoms with Crippen molar-refractivity contribution < 1.29 is 14.0 Å². The predicted molar refractivity (Wildman–Crippen MR) is 80.8 cm³/mol. The van der Waals surface area contributed by atoms with Gasteiger partial charge in [0.25, 0.3) is 0 Å². The fraction of sp³-hybridized carbons (Fsp3) is 0.500. The quantitative estimate of drug-likeness (QED) is 0.843. The van der Waals surface area contributed by atoms with Crippen LogP contribution in [0.1, 0.15) is 23.4 Å². The number of morpholine rings is 1. The molecule has 1 aliphatic rings. The molecule has 6 heteroatoms. The molecular weight excluding hydrogens is 282 g/mol.